The summed E-state index contributed by atoms with van der Waals surface area (Å²) in [6.07, 6.45) is 1.64. The van der Waals surface area contributed by atoms with E-state index in [0.29, 0.717) is 33.8 Å². The third kappa shape index (κ3) is 5.41. The number of rotatable bonds is 7. The van der Waals surface area contributed by atoms with Crippen LogP contribution in [-0.4, -0.2) is 31.2 Å². The number of aromatic nitrogens is 2. The van der Waals surface area contributed by atoms with E-state index in [0.717, 1.165) is 10.0 Å². The molecular weight excluding hydrogens is 544 g/mol. The van der Waals surface area contributed by atoms with Gasteiger partial charge in [0, 0.05) is 26.8 Å². The van der Waals surface area contributed by atoms with Crippen LogP contribution < -0.4 is 15.2 Å². The minimum Gasteiger partial charge on any atom is -0.497 e. The largest absolute Gasteiger partial charge is 0.497 e. The lowest BCUT2D eigenvalue weighted by Crippen LogP contribution is -2.16. The molecule has 0 spiro atoms. The summed E-state index contributed by atoms with van der Waals surface area (Å²) in [7, 11) is -2.50. The number of nitrogens with one attached hydrogen (secondary N) is 1. The first-order valence-electron chi connectivity index (χ1n) is 10.0. The highest BCUT2D eigenvalue weighted by Crippen LogP contribution is 2.28. The average Bonchev–Trinajstić information content (AvgIpc) is 3.17. The Kier molecular flexibility index (Phi) is 6.94. The Bertz CT molecular complexity index is 1500. The van der Waals surface area contributed by atoms with Crippen molar-refractivity contribution in [3.63, 3.8) is 0 Å². The van der Waals surface area contributed by atoms with Crippen LogP contribution in [0.3, 0.4) is 0 Å². The number of ether oxygens (including phenoxy) is 1. The molecule has 4 rings (SSSR count). The molecule has 0 fully saturated rings. The SMILES string of the molecule is COc1ccc(Cn2cc3c(S(N)(=O)=O)cc(NC(=O)Cc4ccccc4Cl)cc3n2)c(Br)c1. The maximum atomic E-state index is 12.6. The summed E-state index contributed by atoms with van der Waals surface area (Å²) in [5.74, 6) is 0.351. The Morgan fingerprint density at radius 2 is 1.94 bits per heavy atom. The number of nitrogens with zero attached hydrogens (tertiary/aromatic N) is 2. The smallest absolute Gasteiger partial charge is 0.238 e. The van der Waals surface area contributed by atoms with Gasteiger partial charge < -0.3 is 10.1 Å². The highest BCUT2D eigenvalue weighted by atomic mass is 79.9. The van der Waals surface area contributed by atoms with E-state index >= 15 is 0 Å². The first kappa shape index (κ1) is 24.2. The third-order valence-corrected chi connectivity index (χ3v) is 7.18. The van der Waals surface area contributed by atoms with Crippen molar-refractivity contribution < 1.29 is 17.9 Å². The molecule has 34 heavy (non-hydrogen) atoms. The zero-order chi connectivity index (χ0) is 24.5. The molecule has 0 aliphatic heterocycles. The molecule has 0 atom stereocenters. The van der Waals surface area contributed by atoms with Crippen LogP contribution in [0.25, 0.3) is 10.9 Å². The molecule has 3 aromatic carbocycles. The fraction of sp³-hybridized carbons (Fsp3) is 0.130. The van der Waals surface area contributed by atoms with Gasteiger partial charge in [-0.1, -0.05) is 51.8 Å². The molecule has 176 valence electrons. The summed E-state index contributed by atoms with van der Waals surface area (Å²) in [4.78, 5) is 12.4. The molecule has 1 heterocycles. The van der Waals surface area contributed by atoms with Crippen LogP contribution in [-0.2, 0) is 27.8 Å². The summed E-state index contributed by atoms with van der Waals surface area (Å²) >= 11 is 9.65. The zero-order valence-electron chi connectivity index (χ0n) is 18.0. The lowest BCUT2D eigenvalue weighted by molar-refractivity contribution is -0.115. The zero-order valence-corrected chi connectivity index (χ0v) is 21.1. The molecule has 0 bridgehead atoms. The van der Waals surface area contributed by atoms with Gasteiger partial charge in [0.2, 0.25) is 15.9 Å². The number of nitrogens with two attached hydrogens (primary N) is 1. The monoisotopic (exact) mass is 562 g/mol. The number of halogens is 2. The molecule has 11 heteroatoms. The molecule has 0 aliphatic rings. The van der Waals surface area contributed by atoms with Crippen LogP contribution in [0.2, 0.25) is 5.02 Å². The van der Waals surface area contributed by atoms with Gasteiger partial charge >= 0.3 is 0 Å². The first-order valence-corrected chi connectivity index (χ1v) is 12.8. The molecule has 0 radical (unpaired) electrons. The normalized spacial score (nSPS) is 11.5. The fourth-order valence-electron chi connectivity index (χ4n) is 3.51. The van der Waals surface area contributed by atoms with Crippen LogP contribution in [0.1, 0.15) is 11.1 Å². The summed E-state index contributed by atoms with van der Waals surface area (Å²) in [5, 5.41) is 13.5. The first-order chi connectivity index (χ1) is 16.1. The van der Waals surface area contributed by atoms with Gasteiger partial charge in [0.1, 0.15) is 5.75 Å². The van der Waals surface area contributed by atoms with Gasteiger partial charge in [-0.3, -0.25) is 9.48 Å². The number of hydrogen-bond acceptors (Lipinski definition) is 5. The van der Waals surface area contributed by atoms with E-state index in [1.807, 2.05) is 18.2 Å². The molecule has 0 saturated carbocycles. The number of carbonyl (C=O) groups is 1. The van der Waals surface area contributed by atoms with Crippen molar-refractivity contribution >= 4 is 60.1 Å². The van der Waals surface area contributed by atoms with Gasteiger partial charge in [-0.05, 0) is 41.5 Å². The Balaban J connectivity index is 1.66. The number of fused-ring (bicyclic) bond motifs is 1. The predicted molar refractivity (Wildman–Crippen MR) is 135 cm³/mol. The lowest BCUT2D eigenvalue weighted by atomic mass is 10.1. The van der Waals surface area contributed by atoms with Crippen LogP contribution >= 0.6 is 27.5 Å². The van der Waals surface area contributed by atoms with Gasteiger partial charge in [0.05, 0.1) is 30.5 Å². The molecule has 4 aromatic rings. The van der Waals surface area contributed by atoms with Crippen molar-refractivity contribution in [2.24, 2.45) is 5.14 Å². The fourth-order valence-corrected chi connectivity index (χ4v) is 4.95. The van der Waals surface area contributed by atoms with Gasteiger partial charge in [0.25, 0.3) is 0 Å². The number of anilines is 1. The van der Waals surface area contributed by atoms with Crippen molar-refractivity contribution in [3.05, 3.63) is 81.4 Å². The summed E-state index contributed by atoms with van der Waals surface area (Å²) in [6.45, 7) is 0.373. The Hall–Kier alpha value is -2.92. The maximum absolute atomic E-state index is 12.6. The number of primary sulfonamides is 1. The molecule has 0 unspecified atom stereocenters. The Morgan fingerprint density at radius 1 is 1.18 bits per heavy atom. The molecule has 1 amide bonds. The van der Waals surface area contributed by atoms with E-state index in [1.54, 1.807) is 48.3 Å². The molecule has 0 saturated heterocycles. The average molecular weight is 564 g/mol. The predicted octanol–water partition coefficient (Wildman–Crippen LogP) is 4.34. The Labute approximate surface area is 209 Å². The number of sulfonamides is 1. The van der Waals surface area contributed by atoms with Gasteiger partial charge in [-0.25, -0.2) is 13.6 Å². The second-order valence-corrected chi connectivity index (χ2v) is 10.3. The van der Waals surface area contributed by atoms with Crippen LogP contribution in [0.15, 0.2) is 70.2 Å². The topological polar surface area (TPSA) is 116 Å². The Morgan fingerprint density at radius 3 is 2.62 bits per heavy atom. The maximum Gasteiger partial charge on any atom is 0.238 e. The molecule has 8 nitrogen and oxygen atoms in total. The lowest BCUT2D eigenvalue weighted by Gasteiger charge is -2.08. The quantitative estimate of drug-likeness (QED) is 0.347. The highest BCUT2D eigenvalue weighted by Gasteiger charge is 2.19. The highest BCUT2D eigenvalue weighted by molar-refractivity contribution is 9.10. The van der Waals surface area contributed by atoms with E-state index in [-0.39, 0.29) is 22.9 Å². The van der Waals surface area contributed by atoms with E-state index in [2.05, 4.69) is 26.3 Å². The summed E-state index contributed by atoms with van der Waals surface area (Å²) < 4.78 is 32.3. The van der Waals surface area contributed by atoms with E-state index in [1.165, 1.54) is 6.07 Å². The van der Waals surface area contributed by atoms with Gasteiger partial charge in [0.15, 0.2) is 0 Å². The van der Waals surface area contributed by atoms with Crippen LogP contribution in [0.5, 0.6) is 5.75 Å². The minimum atomic E-state index is -4.08. The number of benzene rings is 3. The standard InChI is InChI=1S/C23H20BrClN4O4S/c1-33-17-7-6-15(19(24)11-17)12-29-13-18-21(28-29)9-16(10-22(18)34(26,31)32)27-23(30)8-14-4-2-3-5-20(14)25/h2-7,9-11,13H,8,12H2,1H3,(H,27,30)(H2,26,31,32). The van der Waals surface area contributed by atoms with E-state index < -0.39 is 10.0 Å². The number of amides is 1. The number of carbonyl (C=O) groups excluding carboxylic acids is 1. The molecular formula is C23H20BrClN4O4S. The van der Waals surface area contributed by atoms with Crippen molar-refractivity contribution in [1.82, 2.24) is 9.78 Å². The van der Waals surface area contributed by atoms with Crippen molar-refractivity contribution in [2.45, 2.75) is 17.9 Å². The van der Waals surface area contributed by atoms with E-state index in [4.69, 9.17) is 21.5 Å². The molecule has 3 N–H and O–H groups in total. The minimum absolute atomic E-state index is 0.0301. The molecule has 1 aromatic heterocycles. The van der Waals surface area contributed by atoms with Crippen LogP contribution in [0.4, 0.5) is 5.69 Å². The van der Waals surface area contributed by atoms with Gasteiger partial charge in [-0.2, -0.15) is 5.10 Å². The second-order valence-electron chi connectivity index (χ2n) is 7.55. The summed E-state index contributed by atoms with van der Waals surface area (Å²) in [6, 6.07) is 15.5. The van der Waals surface area contributed by atoms with Gasteiger partial charge in [-0.15, -0.1) is 0 Å². The number of methoxy groups -OCH3 is 1. The number of hydrogen-bond donors (Lipinski definition) is 2. The van der Waals surface area contributed by atoms with Crippen LogP contribution in [0, 0.1) is 0 Å². The van der Waals surface area contributed by atoms with Crippen molar-refractivity contribution in [2.75, 3.05) is 12.4 Å². The molecule has 0 aliphatic carbocycles. The van der Waals surface area contributed by atoms with Crippen molar-refractivity contribution in [1.29, 1.82) is 0 Å². The summed E-state index contributed by atoms with van der Waals surface area (Å²) in [5.41, 5.74) is 2.22. The third-order valence-electron chi connectivity index (χ3n) is 5.13. The van der Waals surface area contributed by atoms with E-state index in [9.17, 15) is 13.2 Å². The van der Waals surface area contributed by atoms with Crippen molar-refractivity contribution in [3.8, 4) is 5.75 Å². The second kappa shape index (κ2) is 9.75.